The maximum absolute atomic E-state index is 6.78. The van der Waals surface area contributed by atoms with Crippen LogP contribution in [0.15, 0.2) is 155 Å². The van der Waals surface area contributed by atoms with Gasteiger partial charge in [0.2, 0.25) is 0 Å². The number of aromatic nitrogens is 4. The van der Waals surface area contributed by atoms with Crippen molar-refractivity contribution < 1.29 is 28.9 Å². The van der Waals surface area contributed by atoms with E-state index in [-0.39, 0.29) is 37.4 Å². The van der Waals surface area contributed by atoms with E-state index in [2.05, 4.69) is 167 Å². The van der Waals surface area contributed by atoms with E-state index in [1.807, 2.05) is 60.8 Å². The van der Waals surface area contributed by atoms with E-state index < -0.39 is 0 Å². The molecule has 6 nitrogen and oxygen atoms in total. The fourth-order valence-electron chi connectivity index (χ4n) is 8.76. The number of aryl methyl sites for hydroxylation is 1. The van der Waals surface area contributed by atoms with Crippen LogP contribution in [0.5, 0.6) is 0 Å². The van der Waals surface area contributed by atoms with Gasteiger partial charge in [0.15, 0.2) is 0 Å². The van der Waals surface area contributed by atoms with Crippen molar-refractivity contribution in [2.24, 2.45) is 0 Å². The number of imidazole rings is 1. The Morgan fingerprint density at radius 1 is 0.600 bits per heavy atom. The predicted octanol–water partition coefficient (Wildman–Crippen LogP) is 15.8. The SMILES string of the molecule is CC(C)(C)c1ccnc(-c2[c-]cccc2)n1.Cc1ccc2c(c1)nc(-c1[c-]ccc3c1oc1cc4c(cc13)oc1ccccc14)n2-c1c(C(C)C)cc(-c2ccccc2)cc1C(C)C.[Ir]. The predicted molar refractivity (Wildman–Crippen MR) is 263 cm³/mol. The Balaban J connectivity index is 0.000000266. The molecule has 65 heavy (non-hydrogen) atoms. The standard InChI is InChI=1S/C44H35N2O2.C14H15N2.Ir/c1-25(2)33-21-29(28-12-7-6-8-13-28)22-34(26(3)4)42(33)46-38-19-18-27(5)20-37(38)45-44(46)32-16-11-15-31-36-24-40-35(23-41(36)48-43(31)32)30-14-9-10-17-39(30)47-40;1-14(2,3)12-9-10-15-13(16-12)11-7-5-4-6-8-11;/h6-15,17-26H,1-5H3;4-7,9-10H,1-3H3;/q2*-1;. The Hall–Kier alpha value is -6.66. The molecule has 11 rings (SSSR count). The first kappa shape index (κ1) is 43.6. The van der Waals surface area contributed by atoms with Crippen LogP contribution in [0.4, 0.5) is 0 Å². The number of hydrogen-bond donors (Lipinski definition) is 0. The van der Waals surface area contributed by atoms with Crippen molar-refractivity contribution in [3.8, 4) is 39.6 Å². The summed E-state index contributed by atoms with van der Waals surface area (Å²) < 4.78 is 15.4. The Morgan fingerprint density at radius 3 is 2.00 bits per heavy atom. The summed E-state index contributed by atoms with van der Waals surface area (Å²) >= 11 is 0. The summed E-state index contributed by atoms with van der Waals surface area (Å²) in [5.41, 5.74) is 15.6. The third-order valence-corrected chi connectivity index (χ3v) is 12.1. The van der Waals surface area contributed by atoms with Crippen LogP contribution in [0.2, 0.25) is 0 Å². The van der Waals surface area contributed by atoms with Crippen LogP contribution >= 0.6 is 0 Å². The topological polar surface area (TPSA) is 69.9 Å². The van der Waals surface area contributed by atoms with Gasteiger partial charge >= 0.3 is 0 Å². The Labute approximate surface area is 393 Å². The van der Waals surface area contributed by atoms with Gasteiger partial charge in [-0.3, -0.25) is 15.0 Å². The third-order valence-electron chi connectivity index (χ3n) is 12.1. The van der Waals surface area contributed by atoms with Crippen LogP contribution in [-0.2, 0) is 25.5 Å². The first-order valence-electron chi connectivity index (χ1n) is 22.1. The largest absolute Gasteiger partial charge is 0.501 e. The number of furan rings is 2. The zero-order chi connectivity index (χ0) is 44.3. The summed E-state index contributed by atoms with van der Waals surface area (Å²) in [5, 5.41) is 4.17. The van der Waals surface area contributed by atoms with Gasteiger partial charge in [0.05, 0.1) is 28.3 Å². The smallest absolute Gasteiger partial charge is 0.136 e. The van der Waals surface area contributed by atoms with Crippen LogP contribution < -0.4 is 0 Å². The van der Waals surface area contributed by atoms with E-state index in [4.69, 9.17) is 13.8 Å². The summed E-state index contributed by atoms with van der Waals surface area (Å²) in [5.74, 6) is 2.11. The maximum Gasteiger partial charge on any atom is 0.136 e. The summed E-state index contributed by atoms with van der Waals surface area (Å²) in [6.45, 7) is 17.7. The molecule has 0 aliphatic heterocycles. The molecule has 325 valence electrons. The van der Waals surface area contributed by atoms with Gasteiger partial charge < -0.3 is 13.4 Å². The molecule has 0 saturated heterocycles. The van der Waals surface area contributed by atoms with Gasteiger partial charge in [0.25, 0.3) is 0 Å². The van der Waals surface area contributed by atoms with Crippen LogP contribution in [0, 0.1) is 19.1 Å². The minimum Gasteiger partial charge on any atom is -0.501 e. The van der Waals surface area contributed by atoms with Crippen LogP contribution in [0.25, 0.3) is 94.5 Å². The van der Waals surface area contributed by atoms with E-state index >= 15 is 0 Å². The average Bonchev–Trinajstić information content (AvgIpc) is 3.98. The molecule has 11 aromatic rings. The van der Waals surface area contributed by atoms with E-state index in [0.29, 0.717) is 0 Å². The quantitative estimate of drug-likeness (QED) is 0.155. The molecule has 7 heteroatoms. The zero-order valence-corrected chi connectivity index (χ0v) is 40.3. The second-order valence-corrected chi connectivity index (χ2v) is 18.4. The van der Waals surface area contributed by atoms with Gasteiger partial charge in [0.1, 0.15) is 16.7 Å². The summed E-state index contributed by atoms with van der Waals surface area (Å²) in [4.78, 5) is 14.2. The molecule has 0 N–H and O–H groups in total. The zero-order valence-electron chi connectivity index (χ0n) is 37.9. The fraction of sp³-hybridized carbons (Fsp3) is 0.190. The Bertz CT molecular complexity index is 3470. The van der Waals surface area contributed by atoms with Gasteiger partial charge in [0, 0.05) is 59.3 Å². The number of benzene rings is 7. The molecule has 0 atom stereocenters. The molecule has 0 aliphatic carbocycles. The van der Waals surface area contributed by atoms with Crippen LogP contribution in [-0.4, -0.2) is 19.5 Å². The van der Waals surface area contributed by atoms with Crippen molar-refractivity contribution >= 4 is 54.9 Å². The molecule has 4 aromatic heterocycles. The van der Waals surface area contributed by atoms with Gasteiger partial charge in [-0.25, -0.2) is 0 Å². The van der Waals surface area contributed by atoms with Crippen molar-refractivity contribution in [3.05, 3.63) is 180 Å². The Kier molecular flexibility index (Phi) is 11.7. The molecule has 0 fully saturated rings. The normalized spacial score (nSPS) is 11.8. The van der Waals surface area contributed by atoms with Crippen LogP contribution in [0.1, 0.15) is 82.7 Å². The number of nitrogens with zero attached hydrogens (tertiary/aromatic N) is 4. The maximum atomic E-state index is 6.78. The number of rotatable bonds is 6. The second-order valence-electron chi connectivity index (χ2n) is 18.4. The molecule has 0 unspecified atom stereocenters. The summed E-state index contributed by atoms with van der Waals surface area (Å²) in [6, 6.07) is 54.9. The van der Waals surface area contributed by atoms with Crippen molar-refractivity contribution in [2.45, 2.75) is 72.6 Å². The molecular weight excluding hydrogens is 977 g/mol. The molecular formula is C58H50IrN4O2-2. The molecule has 0 saturated carbocycles. The number of para-hydroxylation sites is 1. The van der Waals surface area contributed by atoms with E-state index in [1.54, 1.807) is 0 Å². The molecule has 1 radical (unpaired) electrons. The molecule has 0 bridgehead atoms. The number of hydrogen-bond acceptors (Lipinski definition) is 5. The van der Waals surface area contributed by atoms with Crippen molar-refractivity contribution in [1.29, 1.82) is 0 Å². The third kappa shape index (κ3) is 8.09. The molecule has 0 amide bonds. The second kappa shape index (κ2) is 17.4. The van der Waals surface area contributed by atoms with Crippen molar-refractivity contribution in [2.75, 3.05) is 0 Å². The van der Waals surface area contributed by atoms with E-state index in [9.17, 15) is 0 Å². The number of fused-ring (bicyclic) bond motifs is 7. The van der Waals surface area contributed by atoms with Crippen molar-refractivity contribution in [1.82, 2.24) is 19.5 Å². The molecule has 4 heterocycles. The monoisotopic (exact) mass is 1030 g/mol. The molecule has 0 spiro atoms. The minimum absolute atomic E-state index is 0. The molecule has 0 aliphatic rings. The minimum atomic E-state index is 0. The summed E-state index contributed by atoms with van der Waals surface area (Å²) in [7, 11) is 0. The van der Waals surface area contributed by atoms with Crippen molar-refractivity contribution in [3.63, 3.8) is 0 Å². The van der Waals surface area contributed by atoms with Gasteiger partial charge in [-0.1, -0.05) is 114 Å². The van der Waals surface area contributed by atoms with Gasteiger partial charge in [-0.05, 0) is 95.1 Å². The van der Waals surface area contributed by atoms with Gasteiger partial charge in [-0.2, -0.15) is 0 Å². The van der Waals surface area contributed by atoms with E-state index in [1.165, 1.54) is 33.5 Å². The Morgan fingerprint density at radius 2 is 1.29 bits per heavy atom. The van der Waals surface area contributed by atoms with E-state index in [0.717, 1.165) is 83.4 Å². The first-order chi connectivity index (χ1) is 30.9. The molecule has 7 aromatic carbocycles. The average molecular weight is 1030 g/mol. The fourth-order valence-corrected chi connectivity index (χ4v) is 8.76. The first-order valence-corrected chi connectivity index (χ1v) is 22.1. The van der Waals surface area contributed by atoms with Gasteiger partial charge in [-0.15, -0.1) is 54.1 Å². The summed E-state index contributed by atoms with van der Waals surface area (Å²) in [6.07, 6.45) is 1.81. The van der Waals surface area contributed by atoms with Crippen LogP contribution in [0.3, 0.4) is 0 Å².